The van der Waals surface area contributed by atoms with Crippen molar-refractivity contribution in [1.29, 1.82) is 0 Å². The van der Waals surface area contributed by atoms with Crippen LogP contribution in [0.1, 0.15) is 17.5 Å². The van der Waals surface area contributed by atoms with Gasteiger partial charge in [-0.2, -0.15) is 18.2 Å². The fourth-order valence-electron chi connectivity index (χ4n) is 3.77. The van der Waals surface area contributed by atoms with E-state index in [0.29, 0.717) is 24.3 Å². The van der Waals surface area contributed by atoms with Crippen LogP contribution in [0.2, 0.25) is 0 Å². The fraction of sp³-hybridized carbons (Fsp3) is 0.421. The summed E-state index contributed by atoms with van der Waals surface area (Å²) in [5.74, 6) is -0.532. The van der Waals surface area contributed by atoms with Gasteiger partial charge in [-0.15, -0.1) is 0 Å². The zero-order valence-electron chi connectivity index (χ0n) is 17.0. The molecule has 0 bridgehead atoms. The monoisotopic (exact) mass is 470 g/mol. The molecule has 1 atom stereocenters. The van der Waals surface area contributed by atoms with E-state index in [2.05, 4.69) is 25.3 Å². The van der Waals surface area contributed by atoms with Gasteiger partial charge in [0.05, 0.1) is 12.7 Å². The fourth-order valence-corrected chi connectivity index (χ4v) is 4.31. The number of anilines is 4. The standard InChI is InChI=1S/C19H21F3N6O3S/c1-32(30,31)24-8-11-4-5-28(10-11)17-14(19(20,21)22)9-23-18(27-17)25-13-2-3-15-12(6-13)7-16(29)26-15/h2-3,6,9,11,24H,4-5,7-8,10H2,1H3,(H,26,29)(H,23,25,27)/t11-/m1/s1. The Morgan fingerprint density at radius 3 is 2.81 bits per heavy atom. The van der Waals surface area contributed by atoms with Gasteiger partial charge >= 0.3 is 6.18 Å². The molecule has 1 fully saturated rings. The molecule has 1 aromatic carbocycles. The largest absolute Gasteiger partial charge is 0.421 e. The molecule has 32 heavy (non-hydrogen) atoms. The number of amides is 1. The van der Waals surface area contributed by atoms with Crippen LogP contribution in [0.4, 0.5) is 36.3 Å². The number of sulfonamides is 1. The zero-order chi connectivity index (χ0) is 23.1. The smallest absolute Gasteiger partial charge is 0.356 e. The summed E-state index contributed by atoms with van der Waals surface area (Å²) in [5.41, 5.74) is 1.06. The van der Waals surface area contributed by atoms with E-state index in [-0.39, 0.29) is 43.1 Å². The summed E-state index contributed by atoms with van der Waals surface area (Å²) >= 11 is 0. The molecule has 172 valence electrons. The lowest BCUT2D eigenvalue weighted by Gasteiger charge is -2.22. The number of rotatable bonds is 6. The Kier molecular flexibility index (Phi) is 5.71. The van der Waals surface area contributed by atoms with Crippen LogP contribution < -0.4 is 20.3 Å². The highest BCUT2D eigenvalue weighted by Gasteiger charge is 2.38. The molecule has 4 rings (SSSR count). The Labute approximate surface area is 182 Å². The topological polar surface area (TPSA) is 116 Å². The molecule has 0 aliphatic carbocycles. The third-order valence-corrected chi connectivity index (χ3v) is 5.97. The Morgan fingerprint density at radius 1 is 1.31 bits per heavy atom. The Bertz CT molecular complexity index is 1160. The van der Waals surface area contributed by atoms with Crippen LogP contribution in [-0.2, 0) is 27.4 Å². The van der Waals surface area contributed by atoms with Gasteiger partial charge in [0.25, 0.3) is 0 Å². The van der Waals surface area contributed by atoms with Crippen molar-refractivity contribution >= 4 is 39.1 Å². The summed E-state index contributed by atoms with van der Waals surface area (Å²) < 4.78 is 65.8. The Balaban J connectivity index is 1.56. The van der Waals surface area contributed by atoms with E-state index in [1.54, 1.807) is 18.2 Å². The van der Waals surface area contributed by atoms with Crippen molar-refractivity contribution in [3.63, 3.8) is 0 Å². The van der Waals surface area contributed by atoms with Crippen LogP contribution in [0.25, 0.3) is 0 Å². The summed E-state index contributed by atoms with van der Waals surface area (Å²) in [7, 11) is -3.38. The number of halogens is 3. The predicted molar refractivity (Wildman–Crippen MR) is 112 cm³/mol. The molecule has 2 aromatic rings. The van der Waals surface area contributed by atoms with Crippen LogP contribution in [0.3, 0.4) is 0 Å². The number of carbonyl (C=O) groups excluding carboxylic acids is 1. The number of carbonyl (C=O) groups is 1. The van der Waals surface area contributed by atoms with Gasteiger partial charge in [0.2, 0.25) is 21.9 Å². The van der Waals surface area contributed by atoms with Gasteiger partial charge in [0.1, 0.15) is 11.4 Å². The molecule has 1 amide bonds. The van der Waals surface area contributed by atoms with Gasteiger partial charge in [0.15, 0.2) is 0 Å². The second kappa shape index (κ2) is 8.20. The van der Waals surface area contributed by atoms with Crippen LogP contribution in [0.5, 0.6) is 0 Å². The number of nitrogens with zero attached hydrogens (tertiary/aromatic N) is 3. The first-order chi connectivity index (χ1) is 15.0. The van der Waals surface area contributed by atoms with Crippen LogP contribution >= 0.6 is 0 Å². The molecule has 9 nitrogen and oxygen atoms in total. The number of benzene rings is 1. The van der Waals surface area contributed by atoms with Gasteiger partial charge in [-0.1, -0.05) is 0 Å². The summed E-state index contributed by atoms with van der Waals surface area (Å²) in [6.07, 6.45) is -2.12. The van der Waals surface area contributed by atoms with E-state index in [1.165, 1.54) is 4.90 Å². The van der Waals surface area contributed by atoms with Crippen molar-refractivity contribution in [2.45, 2.75) is 19.0 Å². The molecule has 1 saturated heterocycles. The van der Waals surface area contributed by atoms with Crippen LogP contribution in [0, 0.1) is 5.92 Å². The lowest BCUT2D eigenvalue weighted by molar-refractivity contribution is -0.137. The molecule has 1 aromatic heterocycles. The SMILES string of the molecule is CS(=O)(=O)NC[C@H]1CCN(c2nc(Nc3ccc4c(c3)CC(=O)N4)ncc2C(F)(F)F)C1. The molecule has 0 spiro atoms. The number of hydrogen-bond donors (Lipinski definition) is 3. The summed E-state index contributed by atoms with van der Waals surface area (Å²) in [6, 6.07) is 5.10. The Hall–Kier alpha value is -2.93. The minimum absolute atomic E-state index is 0.0112. The van der Waals surface area contributed by atoms with E-state index in [9.17, 15) is 26.4 Å². The van der Waals surface area contributed by atoms with Crippen molar-refractivity contribution < 1.29 is 26.4 Å². The van der Waals surface area contributed by atoms with Crippen molar-refractivity contribution in [3.8, 4) is 0 Å². The van der Waals surface area contributed by atoms with E-state index in [1.807, 2.05) is 0 Å². The number of hydrogen-bond acceptors (Lipinski definition) is 7. The zero-order valence-corrected chi connectivity index (χ0v) is 17.8. The van der Waals surface area contributed by atoms with E-state index in [0.717, 1.165) is 18.0 Å². The van der Waals surface area contributed by atoms with E-state index in [4.69, 9.17) is 0 Å². The maximum absolute atomic E-state index is 13.6. The minimum atomic E-state index is -4.64. The van der Waals surface area contributed by atoms with Crippen LogP contribution in [0.15, 0.2) is 24.4 Å². The molecule has 13 heteroatoms. The average molecular weight is 470 g/mol. The summed E-state index contributed by atoms with van der Waals surface area (Å²) in [4.78, 5) is 21.0. The molecule has 3 N–H and O–H groups in total. The third kappa shape index (κ3) is 5.10. The van der Waals surface area contributed by atoms with Gasteiger partial charge < -0.3 is 15.5 Å². The first-order valence-electron chi connectivity index (χ1n) is 9.81. The summed E-state index contributed by atoms with van der Waals surface area (Å²) in [5, 5.41) is 5.61. The first-order valence-corrected chi connectivity index (χ1v) is 11.7. The van der Waals surface area contributed by atoms with Gasteiger partial charge in [0, 0.05) is 37.2 Å². The normalized spacial score (nSPS) is 18.6. The van der Waals surface area contributed by atoms with Crippen molar-refractivity contribution in [3.05, 3.63) is 35.5 Å². The lowest BCUT2D eigenvalue weighted by atomic mass is 10.1. The molecule has 0 saturated carbocycles. The van der Waals surface area contributed by atoms with E-state index < -0.39 is 21.8 Å². The van der Waals surface area contributed by atoms with Crippen molar-refractivity contribution in [2.24, 2.45) is 5.92 Å². The average Bonchev–Trinajstić information content (AvgIpc) is 3.30. The number of nitrogens with one attached hydrogen (secondary N) is 3. The highest BCUT2D eigenvalue weighted by Crippen LogP contribution is 2.37. The van der Waals surface area contributed by atoms with E-state index >= 15 is 0 Å². The molecular weight excluding hydrogens is 449 g/mol. The molecule has 2 aliphatic heterocycles. The predicted octanol–water partition coefficient (Wildman–Crippen LogP) is 2.11. The minimum Gasteiger partial charge on any atom is -0.356 e. The summed E-state index contributed by atoms with van der Waals surface area (Å²) in [6.45, 7) is 0.686. The van der Waals surface area contributed by atoms with Crippen LogP contribution in [-0.4, -0.2) is 50.2 Å². The molecular formula is C19H21F3N6O3S. The second-order valence-corrected chi connectivity index (χ2v) is 9.70. The van der Waals surface area contributed by atoms with Crippen molar-refractivity contribution in [2.75, 3.05) is 41.4 Å². The quantitative estimate of drug-likeness (QED) is 0.592. The number of fused-ring (bicyclic) bond motifs is 1. The maximum Gasteiger partial charge on any atom is 0.421 e. The third-order valence-electron chi connectivity index (χ3n) is 5.28. The number of alkyl halides is 3. The molecule has 0 radical (unpaired) electrons. The van der Waals surface area contributed by atoms with Gasteiger partial charge in [-0.05, 0) is 36.1 Å². The Morgan fingerprint density at radius 2 is 2.09 bits per heavy atom. The molecule has 0 unspecified atom stereocenters. The second-order valence-electron chi connectivity index (χ2n) is 7.87. The lowest BCUT2D eigenvalue weighted by Crippen LogP contribution is -2.31. The highest BCUT2D eigenvalue weighted by atomic mass is 32.2. The van der Waals surface area contributed by atoms with Crippen molar-refractivity contribution in [1.82, 2.24) is 14.7 Å². The highest BCUT2D eigenvalue weighted by molar-refractivity contribution is 7.88. The maximum atomic E-state index is 13.6. The van der Waals surface area contributed by atoms with Gasteiger partial charge in [-0.3, -0.25) is 4.79 Å². The first kappa shape index (κ1) is 22.3. The van der Waals surface area contributed by atoms with Gasteiger partial charge in [-0.25, -0.2) is 18.1 Å². The molecule has 2 aliphatic rings. The molecule has 3 heterocycles. The number of aromatic nitrogens is 2.